The number of carbonyl (C=O) groups excluding carboxylic acids is 1. The molecule has 5 heteroatoms. The van der Waals surface area contributed by atoms with Crippen molar-refractivity contribution in [2.75, 3.05) is 6.54 Å². The number of hydrogen-bond donors (Lipinski definition) is 1. The molecule has 2 aliphatic rings. The van der Waals surface area contributed by atoms with E-state index in [2.05, 4.69) is 40.4 Å². The van der Waals surface area contributed by atoms with Gasteiger partial charge < -0.3 is 4.90 Å². The van der Waals surface area contributed by atoms with Crippen molar-refractivity contribution in [2.24, 2.45) is 0 Å². The first kappa shape index (κ1) is 14.3. The van der Waals surface area contributed by atoms with Crippen molar-refractivity contribution in [3.63, 3.8) is 0 Å². The Morgan fingerprint density at radius 3 is 3.17 bits per heavy atom. The molecule has 4 rings (SSSR count). The van der Waals surface area contributed by atoms with Gasteiger partial charge in [-0.1, -0.05) is 25.1 Å². The Labute approximate surface area is 135 Å². The van der Waals surface area contributed by atoms with E-state index in [0.717, 1.165) is 30.6 Å². The number of rotatable bonds is 2. The Kier molecular flexibility index (Phi) is 3.58. The molecule has 0 saturated heterocycles. The van der Waals surface area contributed by atoms with Gasteiger partial charge in [0.1, 0.15) is 12.4 Å². The second kappa shape index (κ2) is 5.74. The number of amides is 1. The molecule has 1 N–H and O–H groups in total. The lowest BCUT2D eigenvalue weighted by molar-refractivity contribution is -0.134. The van der Waals surface area contributed by atoms with E-state index < -0.39 is 0 Å². The van der Waals surface area contributed by atoms with Crippen molar-refractivity contribution in [3.05, 3.63) is 58.7 Å². The lowest BCUT2D eigenvalue weighted by atomic mass is 9.96. The molecule has 2 aromatic rings. The maximum Gasteiger partial charge on any atom is 0.244 e. The van der Waals surface area contributed by atoms with Gasteiger partial charge in [-0.3, -0.25) is 10.1 Å². The third-order valence-corrected chi connectivity index (χ3v) is 4.86. The van der Waals surface area contributed by atoms with Crippen molar-refractivity contribution in [2.45, 2.75) is 38.9 Å². The van der Waals surface area contributed by atoms with E-state index in [1.165, 1.54) is 23.0 Å². The van der Waals surface area contributed by atoms with Crippen LogP contribution >= 0.6 is 0 Å². The molecule has 1 atom stereocenters. The maximum atomic E-state index is 12.9. The summed E-state index contributed by atoms with van der Waals surface area (Å²) in [7, 11) is 0. The summed E-state index contributed by atoms with van der Waals surface area (Å²) in [5.41, 5.74) is 5.88. The topological polar surface area (TPSA) is 58.1 Å². The lowest BCUT2D eigenvalue weighted by Gasteiger charge is -2.31. The van der Waals surface area contributed by atoms with Gasteiger partial charge >= 0.3 is 0 Å². The molecule has 0 bridgehead atoms. The SMILES string of the molecule is CCc1ccc2c(c1)CCN(C(=O)C1NCc3ncncc31)C2. The zero-order chi connectivity index (χ0) is 15.8. The minimum atomic E-state index is -0.303. The van der Waals surface area contributed by atoms with Gasteiger partial charge in [0, 0.05) is 31.4 Å². The van der Waals surface area contributed by atoms with Gasteiger partial charge in [-0.05, 0) is 29.5 Å². The number of nitrogens with zero attached hydrogens (tertiary/aromatic N) is 3. The fraction of sp³-hybridized carbons (Fsp3) is 0.389. The number of hydrogen-bond acceptors (Lipinski definition) is 4. The van der Waals surface area contributed by atoms with Crippen molar-refractivity contribution in [1.82, 2.24) is 20.2 Å². The Morgan fingerprint density at radius 2 is 2.30 bits per heavy atom. The predicted octanol–water partition coefficient (Wildman–Crippen LogP) is 1.77. The highest BCUT2D eigenvalue weighted by atomic mass is 16.2. The van der Waals surface area contributed by atoms with Crippen LogP contribution in [0.25, 0.3) is 0 Å². The number of aromatic nitrogens is 2. The van der Waals surface area contributed by atoms with Crippen molar-refractivity contribution < 1.29 is 4.79 Å². The Hall–Kier alpha value is -2.27. The van der Waals surface area contributed by atoms with Gasteiger partial charge in [0.05, 0.1) is 5.69 Å². The molecule has 2 aliphatic heterocycles. The molecule has 0 saturated carbocycles. The normalized spacial score (nSPS) is 19.3. The molecule has 118 valence electrons. The highest BCUT2D eigenvalue weighted by Gasteiger charge is 2.33. The van der Waals surface area contributed by atoms with Gasteiger partial charge in [0.25, 0.3) is 0 Å². The molecule has 0 spiro atoms. The van der Waals surface area contributed by atoms with Crippen LogP contribution in [-0.4, -0.2) is 27.3 Å². The minimum absolute atomic E-state index is 0.128. The van der Waals surface area contributed by atoms with Crippen LogP contribution < -0.4 is 5.32 Å². The summed E-state index contributed by atoms with van der Waals surface area (Å²) in [4.78, 5) is 23.2. The van der Waals surface area contributed by atoms with Gasteiger partial charge in [-0.15, -0.1) is 0 Å². The van der Waals surface area contributed by atoms with Crippen molar-refractivity contribution in [1.29, 1.82) is 0 Å². The molecule has 3 heterocycles. The second-order valence-corrected chi connectivity index (χ2v) is 6.21. The smallest absolute Gasteiger partial charge is 0.244 e. The molecule has 0 aliphatic carbocycles. The predicted molar refractivity (Wildman–Crippen MR) is 86.6 cm³/mol. The second-order valence-electron chi connectivity index (χ2n) is 6.21. The molecule has 23 heavy (non-hydrogen) atoms. The molecule has 1 unspecified atom stereocenters. The zero-order valence-corrected chi connectivity index (χ0v) is 13.2. The summed E-state index contributed by atoms with van der Waals surface area (Å²) in [6, 6.07) is 6.33. The number of fused-ring (bicyclic) bond motifs is 2. The molecule has 0 fully saturated rings. The summed E-state index contributed by atoms with van der Waals surface area (Å²) in [6.07, 6.45) is 5.28. The molecule has 1 aromatic carbocycles. The van der Waals surface area contributed by atoms with E-state index in [4.69, 9.17) is 0 Å². The first-order valence-electron chi connectivity index (χ1n) is 8.18. The molecule has 1 amide bonds. The monoisotopic (exact) mass is 308 g/mol. The Morgan fingerprint density at radius 1 is 1.39 bits per heavy atom. The van der Waals surface area contributed by atoms with Gasteiger partial charge in [-0.2, -0.15) is 0 Å². The summed E-state index contributed by atoms with van der Waals surface area (Å²) >= 11 is 0. The fourth-order valence-corrected chi connectivity index (χ4v) is 3.48. The van der Waals surface area contributed by atoms with Gasteiger partial charge in [0.15, 0.2) is 0 Å². The maximum absolute atomic E-state index is 12.9. The Balaban J connectivity index is 1.55. The average molecular weight is 308 g/mol. The summed E-state index contributed by atoms with van der Waals surface area (Å²) in [5.74, 6) is 0.128. The quantitative estimate of drug-likeness (QED) is 0.918. The highest BCUT2D eigenvalue weighted by Crippen LogP contribution is 2.27. The van der Waals surface area contributed by atoms with Crippen molar-refractivity contribution in [3.8, 4) is 0 Å². The van der Waals surface area contributed by atoms with Crippen LogP contribution in [0.5, 0.6) is 0 Å². The molecular weight excluding hydrogens is 288 g/mol. The minimum Gasteiger partial charge on any atom is -0.336 e. The lowest BCUT2D eigenvalue weighted by Crippen LogP contribution is -2.41. The van der Waals surface area contributed by atoms with Gasteiger partial charge in [-0.25, -0.2) is 9.97 Å². The number of aryl methyl sites for hydroxylation is 1. The first-order valence-corrected chi connectivity index (χ1v) is 8.18. The molecular formula is C18H20N4O. The molecule has 1 aromatic heterocycles. The largest absolute Gasteiger partial charge is 0.336 e. The van der Waals surface area contributed by atoms with Crippen LogP contribution in [-0.2, 0) is 30.7 Å². The van der Waals surface area contributed by atoms with E-state index in [9.17, 15) is 4.79 Å². The number of carbonyl (C=O) groups is 1. The first-order chi connectivity index (χ1) is 11.3. The van der Waals surface area contributed by atoms with Crippen molar-refractivity contribution >= 4 is 5.91 Å². The van der Waals surface area contributed by atoms with Crippen LogP contribution in [0, 0.1) is 0 Å². The van der Waals surface area contributed by atoms with E-state index >= 15 is 0 Å². The number of benzene rings is 1. The van der Waals surface area contributed by atoms with E-state index in [1.54, 1.807) is 6.20 Å². The molecule has 0 radical (unpaired) electrons. The van der Waals surface area contributed by atoms with E-state index in [0.29, 0.717) is 13.1 Å². The van der Waals surface area contributed by atoms with E-state index in [-0.39, 0.29) is 11.9 Å². The average Bonchev–Trinajstić information content (AvgIpc) is 3.04. The summed E-state index contributed by atoms with van der Waals surface area (Å²) in [6.45, 7) is 4.28. The van der Waals surface area contributed by atoms with Crippen LogP contribution in [0.3, 0.4) is 0 Å². The summed E-state index contributed by atoms with van der Waals surface area (Å²) < 4.78 is 0. The standard InChI is InChI=1S/C18H20N4O/c1-2-12-3-4-14-10-22(6-5-13(14)7-12)18(23)17-15-8-19-11-21-16(15)9-20-17/h3-4,7-8,11,17,20H,2,5-6,9-10H2,1H3. The van der Waals surface area contributed by atoms with Crippen LogP contribution in [0.4, 0.5) is 0 Å². The van der Waals surface area contributed by atoms with Crippen LogP contribution in [0.2, 0.25) is 0 Å². The fourth-order valence-electron chi connectivity index (χ4n) is 3.48. The highest BCUT2D eigenvalue weighted by molar-refractivity contribution is 5.84. The number of nitrogens with one attached hydrogen (secondary N) is 1. The van der Waals surface area contributed by atoms with Gasteiger partial charge in [0.2, 0.25) is 5.91 Å². The zero-order valence-electron chi connectivity index (χ0n) is 13.2. The molecule has 5 nitrogen and oxygen atoms in total. The summed E-state index contributed by atoms with van der Waals surface area (Å²) in [5, 5.41) is 3.27. The van der Waals surface area contributed by atoms with Crippen LogP contribution in [0.15, 0.2) is 30.7 Å². The van der Waals surface area contributed by atoms with Crippen LogP contribution in [0.1, 0.15) is 40.9 Å². The Bertz CT molecular complexity index is 758. The third kappa shape index (κ3) is 2.51. The van der Waals surface area contributed by atoms with E-state index in [1.807, 2.05) is 4.90 Å². The third-order valence-electron chi connectivity index (χ3n) is 4.86.